The van der Waals surface area contributed by atoms with Gasteiger partial charge in [0.1, 0.15) is 0 Å². The first-order valence-electron chi connectivity index (χ1n) is 6.16. The Hall–Kier alpha value is -0.0800. The predicted molar refractivity (Wildman–Crippen MR) is 58.0 cm³/mol. The fourth-order valence-electron chi connectivity index (χ4n) is 3.15. The first kappa shape index (κ1) is 10.4. The molecule has 2 nitrogen and oxygen atoms in total. The van der Waals surface area contributed by atoms with Crippen molar-refractivity contribution >= 4 is 0 Å². The van der Waals surface area contributed by atoms with Gasteiger partial charge in [-0.25, -0.2) is 0 Å². The summed E-state index contributed by atoms with van der Waals surface area (Å²) < 4.78 is 0. The van der Waals surface area contributed by atoms with Crippen molar-refractivity contribution in [2.45, 2.75) is 69.4 Å². The van der Waals surface area contributed by atoms with E-state index in [-0.39, 0.29) is 6.04 Å². The summed E-state index contributed by atoms with van der Waals surface area (Å²) in [6.45, 7) is 0. The quantitative estimate of drug-likeness (QED) is 0.728. The minimum absolute atomic E-state index is 0.253. The van der Waals surface area contributed by atoms with Gasteiger partial charge in [-0.1, -0.05) is 25.7 Å². The minimum atomic E-state index is -0.401. The highest BCUT2D eigenvalue weighted by atomic mass is 16.3. The summed E-state index contributed by atoms with van der Waals surface area (Å²) >= 11 is 0. The highest BCUT2D eigenvalue weighted by Gasteiger charge is 2.35. The van der Waals surface area contributed by atoms with Crippen molar-refractivity contribution in [2.75, 3.05) is 0 Å². The molecule has 2 aliphatic carbocycles. The van der Waals surface area contributed by atoms with Crippen molar-refractivity contribution < 1.29 is 5.11 Å². The maximum atomic E-state index is 10.2. The molecule has 0 aromatic carbocycles. The normalized spacial score (nSPS) is 39.4. The fraction of sp³-hybridized carbons (Fsp3) is 1.00. The van der Waals surface area contributed by atoms with Crippen molar-refractivity contribution in [1.82, 2.24) is 0 Å². The van der Waals surface area contributed by atoms with Gasteiger partial charge in [-0.15, -0.1) is 0 Å². The van der Waals surface area contributed by atoms with Crippen LogP contribution in [0.3, 0.4) is 0 Å². The predicted octanol–water partition coefficient (Wildman–Crippen LogP) is 2.20. The molecule has 2 heteroatoms. The maximum absolute atomic E-state index is 10.2. The molecule has 0 aromatic rings. The monoisotopic (exact) mass is 197 g/mol. The smallest absolute Gasteiger partial charge is 0.0663 e. The summed E-state index contributed by atoms with van der Waals surface area (Å²) in [6, 6.07) is 0.253. The molecule has 0 heterocycles. The lowest BCUT2D eigenvalue weighted by Gasteiger charge is -2.24. The van der Waals surface area contributed by atoms with E-state index in [4.69, 9.17) is 5.73 Å². The summed E-state index contributed by atoms with van der Waals surface area (Å²) in [6.07, 6.45) is 10.6. The molecule has 2 saturated carbocycles. The van der Waals surface area contributed by atoms with Crippen LogP contribution in [0, 0.1) is 5.92 Å². The highest BCUT2D eigenvalue weighted by Crippen LogP contribution is 2.37. The van der Waals surface area contributed by atoms with E-state index < -0.39 is 5.60 Å². The molecule has 82 valence electrons. The number of nitrogens with two attached hydrogens (primary N) is 1. The van der Waals surface area contributed by atoms with Crippen LogP contribution in [-0.4, -0.2) is 16.7 Å². The topological polar surface area (TPSA) is 46.2 Å². The second kappa shape index (κ2) is 4.19. The Kier molecular flexibility index (Phi) is 3.13. The number of hydrogen-bond acceptors (Lipinski definition) is 2. The molecule has 0 amide bonds. The Labute approximate surface area is 86.9 Å². The number of aliphatic hydroxyl groups is 1. The van der Waals surface area contributed by atoms with Crippen LogP contribution in [0.1, 0.15) is 57.8 Å². The lowest BCUT2D eigenvalue weighted by molar-refractivity contribution is 0.0312. The van der Waals surface area contributed by atoms with Crippen LogP contribution in [-0.2, 0) is 0 Å². The summed E-state index contributed by atoms with van der Waals surface area (Å²) in [5, 5.41) is 10.2. The van der Waals surface area contributed by atoms with Gasteiger partial charge in [-0.3, -0.25) is 0 Å². The SMILES string of the molecule is NC1CCC(O)(CCC2CCCC2)C1. The molecule has 0 spiro atoms. The summed E-state index contributed by atoms with van der Waals surface area (Å²) in [5.41, 5.74) is 5.43. The second-order valence-corrected chi connectivity index (χ2v) is 5.42. The van der Waals surface area contributed by atoms with Crippen LogP contribution >= 0.6 is 0 Å². The zero-order valence-electron chi connectivity index (χ0n) is 9.04. The van der Waals surface area contributed by atoms with Crippen LogP contribution in [0.2, 0.25) is 0 Å². The molecular weight excluding hydrogens is 174 g/mol. The standard InChI is InChI=1S/C12H23NO/c13-11-6-8-12(14,9-11)7-5-10-3-1-2-4-10/h10-11,14H,1-9,13H2. The number of rotatable bonds is 3. The summed E-state index contributed by atoms with van der Waals surface area (Å²) in [5.74, 6) is 0.899. The van der Waals surface area contributed by atoms with E-state index >= 15 is 0 Å². The zero-order valence-corrected chi connectivity index (χ0v) is 9.04. The van der Waals surface area contributed by atoms with Crippen molar-refractivity contribution in [3.8, 4) is 0 Å². The van der Waals surface area contributed by atoms with Gasteiger partial charge in [0.15, 0.2) is 0 Å². The van der Waals surface area contributed by atoms with Crippen LogP contribution in [0.4, 0.5) is 0 Å². The second-order valence-electron chi connectivity index (χ2n) is 5.42. The van der Waals surface area contributed by atoms with E-state index in [1.165, 1.54) is 32.1 Å². The molecule has 14 heavy (non-hydrogen) atoms. The highest BCUT2D eigenvalue weighted by molar-refractivity contribution is 4.91. The molecule has 3 N–H and O–H groups in total. The van der Waals surface area contributed by atoms with Gasteiger partial charge in [0.2, 0.25) is 0 Å². The molecule has 0 aliphatic heterocycles. The van der Waals surface area contributed by atoms with Crippen LogP contribution < -0.4 is 5.73 Å². The van der Waals surface area contributed by atoms with Gasteiger partial charge in [0.05, 0.1) is 5.60 Å². The summed E-state index contributed by atoms with van der Waals surface area (Å²) in [7, 11) is 0. The van der Waals surface area contributed by atoms with Crippen molar-refractivity contribution in [1.29, 1.82) is 0 Å². The molecule has 2 rings (SSSR count). The van der Waals surface area contributed by atoms with Crippen LogP contribution in [0.15, 0.2) is 0 Å². The molecule has 2 unspecified atom stereocenters. The average Bonchev–Trinajstić information content (AvgIpc) is 2.73. The van der Waals surface area contributed by atoms with E-state index in [0.29, 0.717) is 0 Å². The Morgan fingerprint density at radius 1 is 1.21 bits per heavy atom. The zero-order chi connectivity index (χ0) is 10.0. The Bertz CT molecular complexity index is 189. The molecule has 2 atom stereocenters. The molecule has 2 fully saturated rings. The fourth-order valence-corrected chi connectivity index (χ4v) is 3.15. The van der Waals surface area contributed by atoms with Crippen LogP contribution in [0.25, 0.3) is 0 Å². The third-order valence-corrected chi connectivity index (χ3v) is 4.12. The van der Waals surface area contributed by atoms with Gasteiger partial charge in [0, 0.05) is 6.04 Å². The van der Waals surface area contributed by atoms with Gasteiger partial charge >= 0.3 is 0 Å². The molecule has 0 bridgehead atoms. The van der Waals surface area contributed by atoms with E-state index in [2.05, 4.69) is 0 Å². The van der Waals surface area contributed by atoms with Crippen LogP contribution in [0.5, 0.6) is 0 Å². The van der Waals surface area contributed by atoms with Crippen molar-refractivity contribution in [2.24, 2.45) is 11.7 Å². The van der Waals surface area contributed by atoms with Crippen molar-refractivity contribution in [3.63, 3.8) is 0 Å². The van der Waals surface area contributed by atoms with E-state index in [1.807, 2.05) is 0 Å². The van der Waals surface area contributed by atoms with Gasteiger partial charge in [-0.2, -0.15) is 0 Å². The first-order valence-corrected chi connectivity index (χ1v) is 6.16. The van der Waals surface area contributed by atoms with Crippen molar-refractivity contribution in [3.05, 3.63) is 0 Å². The molecule has 0 aromatic heterocycles. The van der Waals surface area contributed by atoms with E-state index in [9.17, 15) is 5.11 Å². The molecule has 2 aliphatic rings. The first-order chi connectivity index (χ1) is 6.68. The lowest BCUT2D eigenvalue weighted by atomic mass is 9.90. The van der Waals surface area contributed by atoms with Gasteiger partial charge in [-0.05, 0) is 38.0 Å². The van der Waals surface area contributed by atoms with E-state index in [0.717, 1.165) is 31.6 Å². The van der Waals surface area contributed by atoms with Gasteiger partial charge in [0.25, 0.3) is 0 Å². The Balaban J connectivity index is 1.73. The molecular formula is C12H23NO. The average molecular weight is 197 g/mol. The summed E-state index contributed by atoms with van der Waals surface area (Å²) in [4.78, 5) is 0. The Morgan fingerprint density at radius 2 is 1.93 bits per heavy atom. The lowest BCUT2D eigenvalue weighted by Crippen LogP contribution is -2.28. The maximum Gasteiger partial charge on any atom is 0.0663 e. The third kappa shape index (κ3) is 2.48. The minimum Gasteiger partial charge on any atom is -0.390 e. The van der Waals surface area contributed by atoms with E-state index in [1.54, 1.807) is 0 Å². The largest absolute Gasteiger partial charge is 0.390 e. The molecule has 0 radical (unpaired) electrons. The molecule has 0 saturated heterocycles. The third-order valence-electron chi connectivity index (χ3n) is 4.12. The number of hydrogen-bond donors (Lipinski definition) is 2. The van der Waals surface area contributed by atoms with Gasteiger partial charge < -0.3 is 10.8 Å². The Morgan fingerprint density at radius 3 is 2.50 bits per heavy atom.